The number of ether oxygens (including phenoxy) is 2. The molecule has 0 aliphatic carbocycles. The number of hydrogen-bond donors (Lipinski definition) is 0. The molecule has 14 heavy (non-hydrogen) atoms. The maximum Gasteiger partial charge on any atom is 0.320 e. The zero-order valence-corrected chi connectivity index (χ0v) is 9.56. The molecule has 0 unspecified atom stereocenters. The third kappa shape index (κ3) is 5.07. The molecule has 0 heterocycles. The number of hydrogen-bond acceptors (Lipinski definition) is 4. The predicted molar refractivity (Wildman–Crippen MR) is 54.3 cm³/mol. The van der Waals surface area contributed by atoms with Gasteiger partial charge in [-0.25, -0.2) is 0 Å². The lowest BCUT2D eigenvalue weighted by Crippen LogP contribution is -2.27. The Balaban J connectivity index is 0. The van der Waals surface area contributed by atoms with Gasteiger partial charge >= 0.3 is 11.9 Å². The summed E-state index contributed by atoms with van der Waals surface area (Å²) in [7, 11) is 0. The smallest absolute Gasteiger partial charge is 0.320 e. The van der Waals surface area contributed by atoms with E-state index in [2.05, 4.69) is 0 Å². The number of esters is 2. The fourth-order valence-electron chi connectivity index (χ4n) is 0.915. The molecule has 0 aromatic carbocycles. The van der Waals surface area contributed by atoms with E-state index in [1.165, 1.54) is 0 Å². The summed E-state index contributed by atoms with van der Waals surface area (Å²) in [4.78, 5) is 22.3. The summed E-state index contributed by atoms with van der Waals surface area (Å²) in [6, 6.07) is 0. The van der Waals surface area contributed by atoms with Crippen LogP contribution in [0.25, 0.3) is 0 Å². The van der Waals surface area contributed by atoms with Crippen LogP contribution in [0.1, 0.15) is 27.2 Å². The summed E-state index contributed by atoms with van der Waals surface area (Å²) in [5, 5.41) is 0. The molecule has 0 atom stereocenters. The number of carbonyl (C=O) groups is 2. The van der Waals surface area contributed by atoms with Gasteiger partial charge in [0.25, 0.3) is 0 Å². The van der Waals surface area contributed by atoms with Gasteiger partial charge in [0, 0.05) is 0 Å². The van der Waals surface area contributed by atoms with Gasteiger partial charge in [0.15, 0.2) is 5.92 Å². The lowest BCUT2D eigenvalue weighted by Gasteiger charge is -2.11. The predicted octanol–water partition coefficient (Wildman–Crippen LogP) is 1.56. The van der Waals surface area contributed by atoms with E-state index in [4.69, 9.17) is 9.47 Å². The van der Waals surface area contributed by atoms with Crippen LogP contribution in [0, 0.1) is 5.92 Å². The summed E-state index contributed by atoms with van der Waals surface area (Å²) in [6.45, 7) is 5.73. The molecule has 0 aliphatic heterocycles. The van der Waals surface area contributed by atoms with E-state index in [0.29, 0.717) is 6.42 Å². The molecule has 0 radical (unpaired) electrons. The molecule has 4 nitrogen and oxygen atoms in total. The minimum atomic E-state index is -0.764. The van der Waals surface area contributed by atoms with Crippen LogP contribution in [0.4, 0.5) is 0 Å². The van der Waals surface area contributed by atoms with Gasteiger partial charge in [-0.05, 0) is 20.3 Å². The van der Waals surface area contributed by atoms with Gasteiger partial charge in [0.05, 0.1) is 13.2 Å². The quantitative estimate of drug-likeness (QED) is 0.525. The minimum absolute atomic E-state index is 0. The molecule has 0 spiro atoms. The highest BCUT2D eigenvalue weighted by Crippen LogP contribution is 2.07. The highest BCUT2D eigenvalue weighted by Gasteiger charge is 2.27. The Bertz CT molecular complexity index is 164. The molecule has 0 fully saturated rings. The first-order valence-electron chi connectivity index (χ1n) is 4.50. The van der Waals surface area contributed by atoms with Gasteiger partial charge in [-0.1, -0.05) is 6.92 Å². The Hall–Kier alpha value is -0.770. The van der Waals surface area contributed by atoms with Crippen molar-refractivity contribution in [3.8, 4) is 0 Å². The molecule has 0 saturated heterocycles. The summed E-state index contributed by atoms with van der Waals surface area (Å²) < 4.78 is 9.45. The SMILES string of the molecule is CCOC(=O)C(CC)C(=O)OCC.Cl. The number of rotatable bonds is 5. The Kier molecular flexibility index (Phi) is 9.88. The monoisotopic (exact) mass is 224 g/mol. The van der Waals surface area contributed by atoms with Gasteiger partial charge in [-0.15, -0.1) is 12.4 Å². The molecular weight excluding hydrogens is 208 g/mol. The van der Waals surface area contributed by atoms with Crippen molar-refractivity contribution in [2.75, 3.05) is 13.2 Å². The fourth-order valence-corrected chi connectivity index (χ4v) is 0.915. The zero-order chi connectivity index (χ0) is 10.3. The first-order valence-corrected chi connectivity index (χ1v) is 4.50. The number of carbonyl (C=O) groups excluding carboxylic acids is 2. The van der Waals surface area contributed by atoms with E-state index in [1.54, 1.807) is 20.8 Å². The lowest BCUT2D eigenvalue weighted by atomic mass is 10.1. The van der Waals surface area contributed by atoms with Crippen molar-refractivity contribution in [3.05, 3.63) is 0 Å². The van der Waals surface area contributed by atoms with Crippen LogP contribution in [0.3, 0.4) is 0 Å². The van der Waals surface area contributed by atoms with E-state index < -0.39 is 17.9 Å². The largest absolute Gasteiger partial charge is 0.465 e. The summed E-state index contributed by atoms with van der Waals surface area (Å²) in [5.74, 6) is -1.76. The second kappa shape index (κ2) is 8.81. The van der Waals surface area contributed by atoms with Crippen molar-refractivity contribution in [2.45, 2.75) is 27.2 Å². The molecule has 0 aliphatic rings. The molecule has 0 amide bonds. The Morgan fingerprint density at radius 1 is 1.00 bits per heavy atom. The first kappa shape index (κ1) is 15.7. The van der Waals surface area contributed by atoms with Gasteiger partial charge in [0.1, 0.15) is 0 Å². The van der Waals surface area contributed by atoms with E-state index >= 15 is 0 Å². The topological polar surface area (TPSA) is 52.6 Å². The zero-order valence-electron chi connectivity index (χ0n) is 8.74. The molecule has 0 aromatic rings. The van der Waals surface area contributed by atoms with Crippen molar-refractivity contribution < 1.29 is 19.1 Å². The third-order valence-corrected chi connectivity index (χ3v) is 1.55. The van der Waals surface area contributed by atoms with Crippen LogP contribution in [0.5, 0.6) is 0 Å². The second-order valence-corrected chi connectivity index (χ2v) is 2.46. The molecule has 0 bridgehead atoms. The average Bonchev–Trinajstić information content (AvgIpc) is 2.06. The van der Waals surface area contributed by atoms with Crippen molar-refractivity contribution in [1.29, 1.82) is 0 Å². The molecular formula is C9H17ClO4. The summed E-state index contributed by atoms with van der Waals surface area (Å²) in [6.07, 6.45) is 0.414. The molecule has 0 N–H and O–H groups in total. The van der Waals surface area contributed by atoms with Crippen LogP contribution >= 0.6 is 12.4 Å². The van der Waals surface area contributed by atoms with Crippen LogP contribution in [0.15, 0.2) is 0 Å². The van der Waals surface area contributed by atoms with Crippen molar-refractivity contribution >= 4 is 24.3 Å². The van der Waals surface area contributed by atoms with Gasteiger partial charge < -0.3 is 9.47 Å². The van der Waals surface area contributed by atoms with Gasteiger partial charge in [-0.3, -0.25) is 9.59 Å². The van der Waals surface area contributed by atoms with Gasteiger partial charge in [-0.2, -0.15) is 0 Å². The van der Waals surface area contributed by atoms with Gasteiger partial charge in [0.2, 0.25) is 0 Å². The van der Waals surface area contributed by atoms with E-state index in [1.807, 2.05) is 0 Å². The normalized spacial score (nSPS) is 9.14. The van der Waals surface area contributed by atoms with Crippen LogP contribution < -0.4 is 0 Å². The molecule has 84 valence electrons. The van der Waals surface area contributed by atoms with E-state index in [-0.39, 0.29) is 25.6 Å². The standard InChI is InChI=1S/C9H16O4.ClH/c1-4-7(8(10)12-5-2)9(11)13-6-3;/h7H,4-6H2,1-3H3;1H. The van der Waals surface area contributed by atoms with Crippen molar-refractivity contribution in [2.24, 2.45) is 5.92 Å². The highest BCUT2D eigenvalue weighted by molar-refractivity contribution is 5.94. The molecule has 0 rings (SSSR count). The average molecular weight is 225 g/mol. The van der Waals surface area contributed by atoms with Crippen LogP contribution in [-0.4, -0.2) is 25.2 Å². The van der Waals surface area contributed by atoms with Crippen LogP contribution in [-0.2, 0) is 19.1 Å². The number of halogens is 1. The Morgan fingerprint density at radius 2 is 1.36 bits per heavy atom. The molecule has 5 heteroatoms. The van der Waals surface area contributed by atoms with Crippen molar-refractivity contribution in [1.82, 2.24) is 0 Å². The highest BCUT2D eigenvalue weighted by atomic mass is 35.5. The van der Waals surface area contributed by atoms with Crippen LogP contribution in [0.2, 0.25) is 0 Å². The summed E-state index contributed by atoms with van der Waals surface area (Å²) >= 11 is 0. The fraction of sp³-hybridized carbons (Fsp3) is 0.778. The van der Waals surface area contributed by atoms with Crippen molar-refractivity contribution in [3.63, 3.8) is 0 Å². The molecule has 0 aromatic heterocycles. The first-order chi connectivity index (χ1) is 6.17. The van der Waals surface area contributed by atoms with E-state index in [9.17, 15) is 9.59 Å². The summed E-state index contributed by atoms with van der Waals surface area (Å²) in [5.41, 5.74) is 0. The second-order valence-electron chi connectivity index (χ2n) is 2.46. The Labute approximate surface area is 90.4 Å². The lowest BCUT2D eigenvalue weighted by molar-refractivity contribution is -0.161. The Morgan fingerprint density at radius 3 is 1.57 bits per heavy atom. The maximum atomic E-state index is 11.2. The third-order valence-electron chi connectivity index (χ3n) is 1.55. The molecule has 0 saturated carbocycles. The van der Waals surface area contributed by atoms with E-state index in [0.717, 1.165) is 0 Å². The minimum Gasteiger partial charge on any atom is -0.465 e. The maximum absolute atomic E-state index is 11.2.